The van der Waals surface area contributed by atoms with Crippen LogP contribution in [0.25, 0.3) is 11.1 Å². The Labute approximate surface area is 104 Å². The fourth-order valence-electron chi connectivity index (χ4n) is 1.78. The van der Waals surface area contributed by atoms with Crippen molar-refractivity contribution in [3.63, 3.8) is 0 Å². The van der Waals surface area contributed by atoms with Crippen molar-refractivity contribution in [3.05, 3.63) is 54.1 Å². The van der Waals surface area contributed by atoms with Crippen molar-refractivity contribution in [2.75, 3.05) is 0 Å². The van der Waals surface area contributed by atoms with Crippen LogP contribution in [0.5, 0.6) is 0 Å². The lowest BCUT2D eigenvalue weighted by Gasteiger charge is -2.08. The van der Waals surface area contributed by atoms with Crippen molar-refractivity contribution in [3.8, 4) is 11.1 Å². The van der Waals surface area contributed by atoms with E-state index in [9.17, 15) is 4.79 Å². The first-order valence-electron chi connectivity index (χ1n) is 5.38. The highest BCUT2D eigenvalue weighted by atomic mass is 16.4. The third kappa shape index (κ3) is 2.42. The second-order valence-electron chi connectivity index (χ2n) is 3.85. The molecule has 0 unspecified atom stereocenters. The SMILES string of the molecule is O=C(O)c1cc(-c2ccccc2)ccc1B(O)O. The van der Waals surface area contributed by atoms with Crippen LogP contribution in [0, 0.1) is 0 Å². The van der Waals surface area contributed by atoms with Crippen molar-refractivity contribution in [2.45, 2.75) is 0 Å². The van der Waals surface area contributed by atoms with Gasteiger partial charge in [-0.15, -0.1) is 0 Å². The van der Waals surface area contributed by atoms with Gasteiger partial charge in [-0.2, -0.15) is 0 Å². The Morgan fingerprint density at radius 2 is 1.61 bits per heavy atom. The van der Waals surface area contributed by atoms with Gasteiger partial charge in [0.05, 0.1) is 5.56 Å². The number of hydrogen-bond donors (Lipinski definition) is 3. The maximum absolute atomic E-state index is 11.1. The summed E-state index contributed by atoms with van der Waals surface area (Å²) in [5.41, 5.74) is 1.48. The monoisotopic (exact) mass is 242 g/mol. The third-order valence-corrected chi connectivity index (χ3v) is 2.67. The number of rotatable bonds is 3. The molecular weight excluding hydrogens is 231 g/mol. The molecule has 0 aromatic heterocycles. The molecule has 0 radical (unpaired) electrons. The average Bonchev–Trinajstić information content (AvgIpc) is 2.39. The molecule has 0 aliphatic heterocycles. The topological polar surface area (TPSA) is 77.8 Å². The van der Waals surface area contributed by atoms with Crippen LogP contribution in [0.2, 0.25) is 0 Å². The maximum Gasteiger partial charge on any atom is 0.489 e. The van der Waals surface area contributed by atoms with E-state index in [0.29, 0.717) is 0 Å². The number of aromatic carboxylic acids is 1. The Kier molecular flexibility index (Phi) is 3.46. The summed E-state index contributed by atoms with van der Waals surface area (Å²) < 4.78 is 0. The van der Waals surface area contributed by atoms with Crippen molar-refractivity contribution in [2.24, 2.45) is 0 Å². The fourth-order valence-corrected chi connectivity index (χ4v) is 1.78. The minimum absolute atomic E-state index is 0.0119. The van der Waals surface area contributed by atoms with Gasteiger partial charge in [0.15, 0.2) is 0 Å². The molecule has 2 aromatic rings. The van der Waals surface area contributed by atoms with Crippen LogP contribution in [0.4, 0.5) is 0 Å². The molecule has 4 nitrogen and oxygen atoms in total. The molecule has 0 bridgehead atoms. The second-order valence-corrected chi connectivity index (χ2v) is 3.85. The van der Waals surface area contributed by atoms with Gasteiger partial charge >= 0.3 is 13.1 Å². The minimum atomic E-state index is -1.79. The number of carbonyl (C=O) groups is 1. The smallest absolute Gasteiger partial charge is 0.478 e. The fraction of sp³-hybridized carbons (Fsp3) is 0. The standard InChI is InChI=1S/C13H11BO4/c15-13(16)11-8-10(6-7-12(11)14(17)18)9-4-2-1-3-5-9/h1-8,17-18H,(H,15,16). The second kappa shape index (κ2) is 5.04. The molecule has 5 heteroatoms. The number of benzene rings is 2. The first kappa shape index (κ1) is 12.4. The van der Waals surface area contributed by atoms with E-state index < -0.39 is 13.1 Å². The first-order valence-corrected chi connectivity index (χ1v) is 5.38. The molecule has 0 heterocycles. The van der Waals surface area contributed by atoms with E-state index in [1.807, 2.05) is 30.3 Å². The molecule has 3 N–H and O–H groups in total. The van der Waals surface area contributed by atoms with Crippen LogP contribution in [0.1, 0.15) is 10.4 Å². The molecule has 18 heavy (non-hydrogen) atoms. The predicted molar refractivity (Wildman–Crippen MR) is 68.7 cm³/mol. The summed E-state index contributed by atoms with van der Waals surface area (Å²) in [7, 11) is -1.79. The van der Waals surface area contributed by atoms with Gasteiger partial charge in [-0.3, -0.25) is 0 Å². The van der Waals surface area contributed by atoms with E-state index in [4.69, 9.17) is 15.2 Å². The zero-order chi connectivity index (χ0) is 13.1. The van der Waals surface area contributed by atoms with E-state index in [1.165, 1.54) is 12.1 Å². The van der Waals surface area contributed by atoms with Gasteiger partial charge in [-0.1, -0.05) is 42.5 Å². The Hall–Kier alpha value is -2.11. The number of carboxylic acid groups (broad SMARTS) is 1. The molecule has 2 rings (SSSR count). The highest BCUT2D eigenvalue weighted by molar-refractivity contribution is 6.60. The molecular formula is C13H11BO4. The van der Waals surface area contributed by atoms with Crippen molar-refractivity contribution < 1.29 is 19.9 Å². The van der Waals surface area contributed by atoms with Gasteiger partial charge in [-0.25, -0.2) is 4.79 Å². The molecule has 0 amide bonds. The van der Waals surface area contributed by atoms with E-state index in [0.717, 1.165) is 11.1 Å². The third-order valence-electron chi connectivity index (χ3n) is 2.67. The summed E-state index contributed by atoms with van der Waals surface area (Å²) >= 11 is 0. The zero-order valence-electron chi connectivity index (χ0n) is 9.45. The molecule has 0 spiro atoms. The van der Waals surface area contributed by atoms with Gasteiger partial charge in [0.1, 0.15) is 0 Å². The molecule has 0 aliphatic carbocycles. The lowest BCUT2D eigenvalue weighted by atomic mass is 9.76. The lowest BCUT2D eigenvalue weighted by Crippen LogP contribution is -2.34. The number of carboxylic acids is 1. The first-order chi connectivity index (χ1) is 8.59. The van der Waals surface area contributed by atoms with Gasteiger partial charge in [0, 0.05) is 0 Å². The van der Waals surface area contributed by atoms with Crippen LogP contribution in [0.15, 0.2) is 48.5 Å². The Balaban J connectivity index is 2.54. The van der Waals surface area contributed by atoms with Crippen LogP contribution < -0.4 is 5.46 Å². The normalized spacial score (nSPS) is 10.1. The molecule has 0 aliphatic rings. The molecule has 2 aromatic carbocycles. The largest absolute Gasteiger partial charge is 0.489 e. The summed E-state index contributed by atoms with van der Waals surface area (Å²) in [5.74, 6) is -1.18. The summed E-state index contributed by atoms with van der Waals surface area (Å²) in [4.78, 5) is 11.1. The van der Waals surface area contributed by atoms with Gasteiger partial charge in [0.25, 0.3) is 0 Å². The summed E-state index contributed by atoms with van der Waals surface area (Å²) in [6, 6.07) is 13.8. The van der Waals surface area contributed by atoms with Crippen LogP contribution in [-0.2, 0) is 0 Å². The number of hydrogen-bond acceptors (Lipinski definition) is 3. The van der Waals surface area contributed by atoms with E-state index in [2.05, 4.69) is 0 Å². The Bertz CT molecular complexity index is 566. The zero-order valence-corrected chi connectivity index (χ0v) is 9.45. The molecule has 0 atom stereocenters. The Morgan fingerprint density at radius 3 is 2.17 bits per heavy atom. The molecule has 0 saturated heterocycles. The van der Waals surface area contributed by atoms with Crippen molar-refractivity contribution >= 4 is 18.6 Å². The van der Waals surface area contributed by atoms with Crippen LogP contribution in [0.3, 0.4) is 0 Å². The predicted octanol–water partition coefficient (Wildman–Crippen LogP) is 0.732. The lowest BCUT2D eigenvalue weighted by molar-refractivity contribution is 0.0698. The quantitative estimate of drug-likeness (QED) is 0.693. The summed E-state index contributed by atoms with van der Waals surface area (Å²) in [5, 5.41) is 27.3. The van der Waals surface area contributed by atoms with E-state index >= 15 is 0 Å². The van der Waals surface area contributed by atoms with E-state index in [1.54, 1.807) is 6.07 Å². The van der Waals surface area contributed by atoms with Gasteiger partial charge in [0.2, 0.25) is 0 Å². The summed E-state index contributed by atoms with van der Waals surface area (Å²) in [6.07, 6.45) is 0. The summed E-state index contributed by atoms with van der Waals surface area (Å²) in [6.45, 7) is 0. The maximum atomic E-state index is 11.1. The van der Waals surface area contributed by atoms with Crippen LogP contribution in [-0.4, -0.2) is 28.2 Å². The minimum Gasteiger partial charge on any atom is -0.478 e. The highest BCUT2D eigenvalue weighted by Crippen LogP contribution is 2.19. The highest BCUT2D eigenvalue weighted by Gasteiger charge is 2.20. The Morgan fingerprint density at radius 1 is 0.944 bits per heavy atom. The van der Waals surface area contributed by atoms with Crippen molar-refractivity contribution in [1.82, 2.24) is 0 Å². The van der Waals surface area contributed by atoms with Crippen molar-refractivity contribution in [1.29, 1.82) is 0 Å². The molecule has 0 saturated carbocycles. The molecule has 0 fully saturated rings. The van der Waals surface area contributed by atoms with Crippen LogP contribution >= 0.6 is 0 Å². The van der Waals surface area contributed by atoms with Gasteiger partial charge in [-0.05, 0) is 22.7 Å². The average molecular weight is 242 g/mol. The van der Waals surface area contributed by atoms with E-state index in [-0.39, 0.29) is 11.0 Å². The molecule has 90 valence electrons. The van der Waals surface area contributed by atoms with Gasteiger partial charge < -0.3 is 15.2 Å².